The number of halogens is 3. The molecule has 0 saturated carbocycles. The van der Waals surface area contributed by atoms with Gasteiger partial charge in [-0.3, -0.25) is 0 Å². The molecule has 0 aliphatic carbocycles. The minimum absolute atomic E-state index is 0.0324. The first-order valence-corrected chi connectivity index (χ1v) is 9.41. The Bertz CT molecular complexity index is 870. The average Bonchev–Trinajstić information content (AvgIpc) is 3.07. The topological polar surface area (TPSA) is 34.6 Å². The fourth-order valence-corrected chi connectivity index (χ4v) is 4.09. The highest BCUT2D eigenvalue weighted by atomic mass is 32.1. The van der Waals surface area contributed by atoms with Gasteiger partial charge in [-0.15, -0.1) is 13.2 Å². The number of ether oxygens (including phenoxy) is 2. The van der Waals surface area contributed by atoms with E-state index in [4.69, 9.17) is 4.74 Å². The van der Waals surface area contributed by atoms with Crippen LogP contribution in [0.1, 0.15) is 12.8 Å². The SMILES string of the molecule is FC(F)(F)Oc1ccc(OC2CCN(c3nc4ccccc4s3)CC2)cc1. The summed E-state index contributed by atoms with van der Waals surface area (Å²) in [5, 5.41) is 1.02. The number of aromatic nitrogens is 1. The van der Waals surface area contributed by atoms with Crippen LogP contribution in [-0.4, -0.2) is 30.5 Å². The summed E-state index contributed by atoms with van der Waals surface area (Å²) < 4.78 is 47.5. The maximum Gasteiger partial charge on any atom is 0.573 e. The Morgan fingerprint density at radius 3 is 2.30 bits per heavy atom. The van der Waals surface area contributed by atoms with Gasteiger partial charge in [0.05, 0.1) is 10.2 Å². The zero-order valence-corrected chi connectivity index (χ0v) is 15.1. The maximum absolute atomic E-state index is 12.2. The Balaban J connectivity index is 1.32. The van der Waals surface area contributed by atoms with Crippen LogP contribution in [0.2, 0.25) is 0 Å². The molecule has 0 radical (unpaired) electrons. The largest absolute Gasteiger partial charge is 0.573 e. The molecule has 1 aliphatic heterocycles. The molecule has 8 heteroatoms. The molecule has 0 amide bonds. The lowest BCUT2D eigenvalue weighted by Gasteiger charge is -2.31. The number of anilines is 1. The minimum Gasteiger partial charge on any atom is -0.490 e. The highest BCUT2D eigenvalue weighted by Gasteiger charge is 2.31. The predicted molar refractivity (Wildman–Crippen MR) is 98.6 cm³/mol. The molecule has 0 bridgehead atoms. The van der Waals surface area contributed by atoms with E-state index in [-0.39, 0.29) is 11.9 Å². The summed E-state index contributed by atoms with van der Waals surface area (Å²) in [6, 6.07) is 13.6. The summed E-state index contributed by atoms with van der Waals surface area (Å²) >= 11 is 1.68. The van der Waals surface area contributed by atoms with E-state index in [1.165, 1.54) is 29.0 Å². The Labute approximate surface area is 158 Å². The first-order valence-electron chi connectivity index (χ1n) is 8.59. The number of benzene rings is 2. The van der Waals surface area contributed by atoms with Gasteiger partial charge in [-0.25, -0.2) is 4.98 Å². The van der Waals surface area contributed by atoms with Gasteiger partial charge in [-0.05, 0) is 36.4 Å². The van der Waals surface area contributed by atoms with Crippen molar-refractivity contribution in [3.63, 3.8) is 0 Å². The lowest BCUT2D eigenvalue weighted by molar-refractivity contribution is -0.274. The second-order valence-electron chi connectivity index (χ2n) is 6.29. The summed E-state index contributed by atoms with van der Waals surface area (Å²) in [4.78, 5) is 6.94. The number of para-hydroxylation sites is 1. The fraction of sp³-hybridized carbons (Fsp3) is 0.316. The van der Waals surface area contributed by atoms with Gasteiger partial charge in [0.1, 0.15) is 17.6 Å². The van der Waals surface area contributed by atoms with Crippen molar-refractivity contribution >= 4 is 26.7 Å². The van der Waals surface area contributed by atoms with Gasteiger partial charge in [-0.1, -0.05) is 23.5 Å². The van der Waals surface area contributed by atoms with Crippen molar-refractivity contribution < 1.29 is 22.6 Å². The number of rotatable bonds is 4. The molecule has 1 fully saturated rings. The van der Waals surface area contributed by atoms with Crippen LogP contribution in [0.3, 0.4) is 0 Å². The summed E-state index contributed by atoms with van der Waals surface area (Å²) in [7, 11) is 0. The van der Waals surface area contributed by atoms with Gasteiger partial charge in [-0.2, -0.15) is 0 Å². The number of hydrogen-bond acceptors (Lipinski definition) is 5. The third kappa shape index (κ3) is 4.44. The van der Waals surface area contributed by atoms with Gasteiger partial charge >= 0.3 is 6.36 Å². The molecule has 4 nitrogen and oxygen atoms in total. The maximum atomic E-state index is 12.2. The van der Waals surface area contributed by atoms with Crippen molar-refractivity contribution in [3.8, 4) is 11.5 Å². The fourth-order valence-electron chi connectivity index (χ4n) is 3.07. The van der Waals surface area contributed by atoms with Gasteiger partial charge in [0.2, 0.25) is 0 Å². The van der Waals surface area contributed by atoms with E-state index in [0.29, 0.717) is 5.75 Å². The number of alkyl halides is 3. The summed E-state index contributed by atoms with van der Waals surface area (Å²) in [5.74, 6) is 0.295. The highest BCUT2D eigenvalue weighted by molar-refractivity contribution is 7.22. The second kappa shape index (κ2) is 7.26. The van der Waals surface area contributed by atoms with E-state index in [1.807, 2.05) is 18.2 Å². The van der Waals surface area contributed by atoms with E-state index in [0.717, 1.165) is 36.6 Å². The van der Waals surface area contributed by atoms with Crippen molar-refractivity contribution in [2.45, 2.75) is 25.3 Å². The van der Waals surface area contributed by atoms with Crippen LogP contribution in [0.4, 0.5) is 18.3 Å². The molecule has 4 rings (SSSR count). The zero-order valence-electron chi connectivity index (χ0n) is 14.3. The number of piperidine rings is 1. The van der Waals surface area contributed by atoms with Crippen LogP contribution < -0.4 is 14.4 Å². The quantitative estimate of drug-likeness (QED) is 0.606. The number of hydrogen-bond donors (Lipinski definition) is 0. The number of fused-ring (bicyclic) bond motifs is 1. The molecule has 0 unspecified atom stereocenters. The molecule has 1 aliphatic rings. The average molecular weight is 394 g/mol. The van der Waals surface area contributed by atoms with E-state index in [1.54, 1.807) is 11.3 Å². The summed E-state index contributed by atoms with van der Waals surface area (Å²) in [6.07, 6.45) is -2.99. The minimum atomic E-state index is -4.68. The predicted octanol–water partition coefficient (Wildman–Crippen LogP) is 5.24. The van der Waals surface area contributed by atoms with Gasteiger partial charge in [0.15, 0.2) is 5.13 Å². The molecule has 27 heavy (non-hydrogen) atoms. The van der Waals surface area contributed by atoms with E-state index < -0.39 is 6.36 Å². The van der Waals surface area contributed by atoms with Crippen LogP contribution in [0.25, 0.3) is 10.2 Å². The molecule has 3 aromatic rings. The van der Waals surface area contributed by atoms with E-state index >= 15 is 0 Å². The van der Waals surface area contributed by atoms with Crippen LogP contribution in [0.15, 0.2) is 48.5 Å². The normalized spacial score (nSPS) is 15.9. The third-order valence-corrected chi connectivity index (χ3v) is 5.45. The van der Waals surface area contributed by atoms with Gasteiger partial charge in [0.25, 0.3) is 0 Å². The first kappa shape index (κ1) is 17.9. The summed E-state index contributed by atoms with van der Waals surface area (Å²) in [5.41, 5.74) is 1.01. The lowest BCUT2D eigenvalue weighted by atomic mass is 10.1. The van der Waals surface area contributed by atoms with Crippen LogP contribution >= 0.6 is 11.3 Å². The molecular weight excluding hydrogens is 377 g/mol. The molecule has 2 aromatic carbocycles. The molecule has 1 saturated heterocycles. The second-order valence-corrected chi connectivity index (χ2v) is 7.30. The van der Waals surface area contributed by atoms with Crippen molar-refractivity contribution in [2.24, 2.45) is 0 Å². The molecule has 142 valence electrons. The van der Waals surface area contributed by atoms with Crippen molar-refractivity contribution in [2.75, 3.05) is 18.0 Å². The Morgan fingerprint density at radius 1 is 0.963 bits per heavy atom. The third-order valence-electron chi connectivity index (χ3n) is 4.36. The van der Waals surface area contributed by atoms with Crippen molar-refractivity contribution in [1.29, 1.82) is 0 Å². The van der Waals surface area contributed by atoms with E-state index in [9.17, 15) is 13.2 Å². The van der Waals surface area contributed by atoms with Crippen LogP contribution in [0.5, 0.6) is 11.5 Å². The first-order chi connectivity index (χ1) is 13.0. The van der Waals surface area contributed by atoms with Crippen LogP contribution in [0, 0.1) is 0 Å². The zero-order chi connectivity index (χ0) is 18.9. The highest BCUT2D eigenvalue weighted by Crippen LogP contribution is 2.31. The molecule has 0 spiro atoms. The molecule has 2 heterocycles. The molecule has 0 N–H and O–H groups in total. The molecular formula is C19H17F3N2O2S. The van der Waals surface area contributed by atoms with Crippen molar-refractivity contribution in [1.82, 2.24) is 4.98 Å². The standard InChI is InChI=1S/C19H17F3N2O2S/c20-19(21,22)26-15-7-5-13(6-8-15)25-14-9-11-24(12-10-14)18-23-16-3-1-2-4-17(16)27-18/h1-8,14H,9-12H2. The van der Waals surface area contributed by atoms with Gasteiger partial charge in [0, 0.05) is 25.9 Å². The molecule has 1 aromatic heterocycles. The van der Waals surface area contributed by atoms with Gasteiger partial charge < -0.3 is 14.4 Å². The van der Waals surface area contributed by atoms with Crippen LogP contribution in [-0.2, 0) is 0 Å². The Morgan fingerprint density at radius 2 is 1.63 bits per heavy atom. The number of thiazole rings is 1. The molecule has 0 atom stereocenters. The Kier molecular flexibility index (Phi) is 4.82. The smallest absolute Gasteiger partial charge is 0.490 e. The van der Waals surface area contributed by atoms with E-state index in [2.05, 4.69) is 20.7 Å². The van der Waals surface area contributed by atoms with Crippen molar-refractivity contribution in [3.05, 3.63) is 48.5 Å². The number of nitrogens with zero attached hydrogens (tertiary/aromatic N) is 2. The Hall–Kier alpha value is -2.48. The monoisotopic (exact) mass is 394 g/mol. The summed E-state index contributed by atoms with van der Waals surface area (Å²) in [6.45, 7) is 1.67. The lowest BCUT2D eigenvalue weighted by Crippen LogP contribution is -2.38.